The molecule has 2 aromatic rings. The van der Waals surface area contributed by atoms with Crippen molar-refractivity contribution in [2.24, 2.45) is 0 Å². The van der Waals surface area contributed by atoms with E-state index in [0.29, 0.717) is 18.9 Å². The van der Waals surface area contributed by atoms with Gasteiger partial charge < -0.3 is 14.5 Å². The van der Waals surface area contributed by atoms with E-state index in [9.17, 15) is 0 Å². The van der Waals surface area contributed by atoms with Crippen molar-refractivity contribution in [3.63, 3.8) is 0 Å². The van der Waals surface area contributed by atoms with Gasteiger partial charge >= 0.3 is 0 Å². The molecule has 1 aromatic carbocycles. The summed E-state index contributed by atoms with van der Waals surface area (Å²) in [6.07, 6.45) is 0. The Balaban J connectivity index is 1.63. The van der Waals surface area contributed by atoms with Crippen molar-refractivity contribution in [2.75, 3.05) is 13.2 Å². The first kappa shape index (κ1) is 12.2. The van der Waals surface area contributed by atoms with Gasteiger partial charge in [0.2, 0.25) is 5.76 Å². The third kappa shape index (κ3) is 3.65. The maximum Gasteiger partial charge on any atom is 0.203 e. The van der Waals surface area contributed by atoms with E-state index in [-0.39, 0.29) is 0 Å². The van der Waals surface area contributed by atoms with Crippen LogP contribution in [0.5, 0.6) is 5.75 Å². The molecule has 1 N–H and O–H groups in total. The Bertz CT molecular complexity index is 514. The van der Waals surface area contributed by atoms with Crippen LogP contribution in [0.2, 0.25) is 0 Å². The SMILES string of the molecule is N#Cc1ccc(CNCCOc2ccccc2)o1. The third-order valence-electron chi connectivity index (χ3n) is 2.36. The molecule has 4 nitrogen and oxygen atoms in total. The van der Waals surface area contributed by atoms with Crippen LogP contribution in [0.3, 0.4) is 0 Å². The average molecular weight is 242 g/mol. The Hall–Kier alpha value is -2.25. The summed E-state index contributed by atoms with van der Waals surface area (Å²) in [6.45, 7) is 1.91. The zero-order valence-electron chi connectivity index (χ0n) is 9.93. The van der Waals surface area contributed by atoms with E-state index < -0.39 is 0 Å². The Kier molecular flexibility index (Phi) is 4.39. The summed E-state index contributed by atoms with van der Waals surface area (Å²) in [6, 6.07) is 15.1. The lowest BCUT2D eigenvalue weighted by Gasteiger charge is -2.06. The number of ether oxygens (including phenoxy) is 1. The predicted octanol–water partition coefficient (Wildman–Crippen LogP) is 2.32. The molecule has 0 saturated heterocycles. The van der Waals surface area contributed by atoms with Crippen molar-refractivity contribution < 1.29 is 9.15 Å². The van der Waals surface area contributed by atoms with Crippen molar-refractivity contribution in [2.45, 2.75) is 6.54 Å². The van der Waals surface area contributed by atoms with Gasteiger partial charge in [0.05, 0.1) is 6.54 Å². The zero-order valence-corrected chi connectivity index (χ0v) is 9.93. The van der Waals surface area contributed by atoms with Gasteiger partial charge in [-0.05, 0) is 24.3 Å². The summed E-state index contributed by atoms with van der Waals surface area (Å²) in [5.74, 6) is 1.96. The van der Waals surface area contributed by atoms with E-state index >= 15 is 0 Å². The molecular formula is C14H14N2O2. The molecule has 0 radical (unpaired) electrons. The van der Waals surface area contributed by atoms with Gasteiger partial charge in [0, 0.05) is 6.54 Å². The van der Waals surface area contributed by atoms with Crippen LogP contribution >= 0.6 is 0 Å². The van der Waals surface area contributed by atoms with Crippen LogP contribution in [0.1, 0.15) is 11.5 Å². The van der Waals surface area contributed by atoms with Crippen LogP contribution in [0.4, 0.5) is 0 Å². The number of furan rings is 1. The fourth-order valence-electron chi connectivity index (χ4n) is 1.50. The van der Waals surface area contributed by atoms with Crippen molar-refractivity contribution in [1.82, 2.24) is 5.32 Å². The smallest absolute Gasteiger partial charge is 0.203 e. The minimum atomic E-state index is 0.340. The van der Waals surface area contributed by atoms with Crippen LogP contribution in [0.15, 0.2) is 46.9 Å². The van der Waals surface area contributed by atoms with E-state index in [4.69, 9.17) is 14.4 Å². The molecule has 1 aromatic heterocycles. The first-order chi connectivity index (χ1) is 8.88. The van der Waals surface area contributed by atoms with Gasteiger partial charge in [-0.1, -0.05) is 18.2 Å². The number of para-hydroxylation sites is 1. The van der Waals surface area contributed by atoms with E-state index in [0.717, 1.165) is 18.1 Å². The molecule has 18 heavy (non-hydrogen) atoms. The summed E-state index contributed by atoms with van der Waals surface area (Å²) in [4.78, 5) is 0. The van der Waals surface area contributed by atoms with Gasteiger partial charge in [-0.25, -0.2) is 0 Å². The number of hydrogen-bond acceptors (Lipinski definition) is 4. The van der Waals surface area contributed by atoms with Crippen molar-refractivity contribution >= 4 is 0 Å². The summed E-state index contributed by atoms with van der Waals surface area (Å²) in [5.41, 5.74) is 0. The molecule has 0 bridgehead atoms. The Morgan fingerprint density at radius 1 is 1.17 bits per heavy atom. The molecule has 0 amide bonds. The molecule has 1 heterocycles. The molecule has 0 saturated carbocycles. The molecule has 4 heteroatoms. The Labute approximate surface area is 106 Å². The van der Waals surface area contributed by atoms with Crippen molar-refractivity contribution in [3.8, 4) is 11.8 Å². The quantitative estimate of drug-likeness (QED) is 0.790. The van der Waals surface area contributed by atoms with Crippen LogP contribution < -0.4 is 10.1 Å². The Morgan fingerprint density at radius 3 is 2.72 bits per heavy atom. The maximum absolute atomic E-state index is 8.60. The number of rotatable bonds is 6. The van der Waals surface area contributed by atoms with Gasteiger partial charge in [0.15, 0.2) is 0 Å². The lowest BCUT2D eigenvalue weighted by atomic mass is 10.3. The number of hydrogen-bond donors (Lipinski definition) is 1. The minimum absolute atomic E-state index is 0.340. The number of nitrogens with one attached hydrogen (secondary N) is 1. The summed E-state index contributed by atoms with van der Waals surface area (Å²) < 4.78 is 10.8. The highest BCUT2D eigenvalue weighted by atomic mass is 16.5. The molecule has 0 aliphatic carbocycles. The third-order valence-corrected chi connectivity index (χ3v) is 2.36. The summed E-state index contributed by atoms with van der Waals surface area (Å²) >= 11 is 0. The van der Waals surface area contributed by atoms with Crippen LogP contribution in [-0.2, 0) is 6.54 Å². The molecule has 0 aliphatic heterocycles. The second-order valence-electron chi connectivity index (χ2n) is 3.72. The molecule has 0 fully saturated rings. The number of nitriles is 1. The van der Waals surface area contributed by atoms with Crippen LogP contribution in [0, 0.1) is 11.3 Å². The highest BCUT2D eigenvalue weighted by molar-refractivity contribution is 5.21. The van der Waals surface area contributed by atoms with Gasteiger partial charge in [-0.15, -0.1) is 0 Å². The predicted molar refractivity (Wildman–Crippen MR) is 67.1 cm³/mol. The maximum atomic E-state index is 8.60. The largest absolute Gasteiger partial charge is 0.492 e. The van der Waals surface area contributed by atoms with Gasteiger partial charge in [-0.3, -0.25) is 0 Å². The molecule has 2 rings (SSSR count). The van der Waals surface area contributed by atoms with Crippen molar-refractivity contribution in [3.05, 3.63) is 54.0 Å². The monoisotopic (exact) mass is 242 g/mol. The lowest BCUT2D eigenvalue weighted by molar-refractivity contribution is 0.311. The molecule has 0 unspecified atom stereocenters. The van der Waals surface area contributed by atoms with E-state index in [1.54, 1.807) is 12.1 Å². The normalized spacial score (nSPS) is 9.94. The van der Waals surface area contributed by atoms with Gasteiger partial charge in [0.25, 0.3) is 0 Å². The lowest BCUT2D eigenvalue weighted by Crippen LogP contribution is -2.20. The molecular weight excluding hydrogens is 228 g/mol. The average Bonchev–Trinajstić information content (AvgIpc) is 2.87. The van der Waals surface area contributed by atoms with E-state index in [1.807, 2.05) is 36.4 Å². The van der Waals surface area contributed by atoms with Gasteiger partial charge in [-0.2, -0.15) is 5.26 Å². The van der Waals surface area contributed by atoms with E-state index in [1.165, 1.54) is 0 Å². The van der Waals surface area contributed by atoms with Crippen molar-refractivity contribution in [1.29, 1.82) is 5.26 Å². The second-order valence-corrected chi connectivity index (χ2v) is 3.72. The standard InChI is InChI=1S/C14H14N2O2/c15-10-13-6-7-14(18-13)11-16-8-9-17-12-4-2-1-3-5-12/h1-7,16H,8-9,11H2. The number of benzene rings is 1. The number of nitrogens with zero attached hydrogens (tertiary/aromatic N) is 1. The Morgan fingerprint density at radius 2 is 2.00 bits per heavy atom. The first-order valence-corrected chi connectivity index (χ1v) is 5.76. The van der Waals surface area contributed by atoms with Crippen LogP contribution in [0.25, 0.3) is 0 Å². The summed E-state index contributed by atoms with van der Waals surface area (Å²) in [5, 5.41) is 11.8. The topological polar surface area (TPSA) is 58.2 Å². The minimum Gasteiger partial charge on any atom is -0.492 e. The van der Waals surface area contributed by atoms with E-state index in [2.05, 4.69) is 5.32 Å². The molecule has 0 atom stereocenters. The zero-order chi connectivity index (χ0) is 12.6. The molecule has 0 spiro atoms. The first-order valence-electron chi connectivity index (χ1n) is 5.76. The highest BCUT2D eigenvalue weighted by Gasteiger charge is 2.00. The summed E-state index contributed by atoms with van der Waals surface area (Å²) in [7, 11) is 0. The fraction of sp³-hybridized carbons (Fsp3) is 0.214. The highest BCUT2D eigenvalue weighted by Crippen LogP contribution is 2.08. The van der Waals surface area contributed by atoms with Gasteiger partial charge in [0.1, 0.15) is 24.2 Å². The van der Waals surface area contributed by atoms with Crippen LogP contribution in [-0.4, -0.2) is 13.2 Å². The molecule has 0 aliphatic rings. The fourth-order valence-corrected chi connectivity index (χ4v) is 1.50. The second kappa shape index (κ2) is 6.48. The molecule has 92 valence electrons.